The van der Waals surface area contributed by atoms with E-state index in [0.717, 1.165) is 39.3 Å². The molecule has 2 atom stereocenters. The first-order chi connectivity index (χ1) is 8.72. The smallest absolute Gasteiger partial charge is 0.226 e. The van der Waals surface area contributed by atoms with Crippen molar-refractivity contribution < 1.29 is 9.53 Å². The molecule has 1 N–H and O–H groups in total. The van der Waals surface area contributed by atoms with Crippen LogP contribution in [0.3, 0.4) is 0 Å². The lowest BCUT2D eigenvalue weighted by atomic mass is 10.1. The van der Waals surface area contributed by atoms with Crippen LogP contribution in [0.1, 0.15) is 33.1 Å². The summed E-state index contributed by atoms with van der Waals surface area (Å²) in [5, 5.41) is 3.26. The molecular weight excluding hydrogens is 228 g/mol. The summed E-state index contributed by atoms with van der Waals surface area (Å²) in [6.07, 6.45) is 3.48. The molecule has 0 aromatic heterocycles. The molecule has 1 heterocycles. The number of hydrogen-bond donors (Lipinski definition) is 1. The minimum atomic E-state index is 0.0906. The number of carbonyl (C=O) groups excluding carboxylic acids is 1. The molecule has 2 aliphatic rings. The summed E-state index contributed by atoms with van der Waals surface area (Å²) in [5.74, 6) is 0.971. The second-order valence-corrected chi connectivity index (χ2v) is 5.66. The molecule has 0 spiro atoms. The molecule has 1 saturated heterocycles. The van der Waals surface area contributed by atoms with E-state index in [1.54, 1.807) is 0 Å². The average Bonchev–Trinajstić information content (AvgIpc) is 3.09. The molecule has 1 aliphatic heterocycles. The van der Waals surface area contributed by atoms with E-state index in [1.807, 2.05) is 6.92 Å². The fraction of sp³-hybridized carbons (Fsp3) is 0.929. The molecule has 2 fully saturated rings. The summed E-state index contributed by atoms with van der Waals surface area (Å²) in [4.78, 5) is 14.6. The summed E-state index contributed by atoms with van der Waals surface area (Å²) >= 11 is 0. The van der Waals surface area contributed by atoms with Gasteiger partial charge in [0.2, 0.25) is 5.91 Å². The lowest BCUT2D eigenvalue weighted by Crippen LogP contribution is -2.43. The zero-order valence-corrected chi connectivity index (χ0v) is 11.7. The van der Waals surface area contributed by atoms with Crippen molar-refractivity contribution in [3.05, 3.63) is 0 Å². The van der Waals surface area contributed by atoms with Crippen LogP contribution in [-0.4, -0.2) is 49.7 Å². The monoisotopic (exact) mass is 254 g/mol. The van der Waals surface area contributed by atoms with Crippen LogP contribution < -0.4 is 5.32 Å². The number of nitrogens with zero attached hydrogens (tertiary/aromatic N) is 1. The number of amides is 1. The topological polar surface area (TPSA) is 41.6 Å². The average molecular weight is 254 g/mol. The zero-order chi connectivity index (χ0) is 13.0. The molecule has 1 amide bonds. The fourth-order valence-corrected chi connectivity index (χ4v) is 2.54. The lowest BCUT2D eigenvalue weighted by molar-refractivity contribution is -0.136. The van der Waals surface area contributed by atoms with E-state index in [9.17, 15) is 4.79 Å². The maximum absolute atomic E-state index is 12.5. The first-order valence-corrected chi connectivity index (χ1v) is 7.31. The Hall–Kier alpha value is -0.610. The number of nitrogens with one attached hydrogen (secondary N) is 1. The predicted molar refractivity (Wildman–Crippen MR) is 71.4 cm³/mol. The summed E-state index contributed by atoms with van der Waals surface area (Å²) in [5.41, 5.74) is 0. The summed E-state index contributed by atoms with van der Waals surface area (Å²) in [6, 6.07) is 0.516. The quantitative estimate of drug-likeness (QED) is 0.743. The van der Waals surface area contributed by atoms with Crippen LogP contribution in [0.15, 0.2) is 0 Å². The molecule has 0 aromatic rings. The minimum absolute atomic E-state index is 0.0906. The third-order valence-electron chi connectivity index (χ3n) is 3.87. The number of hydrogen-bond acceptors (Lipinski definition) is 3. The molecule has 2 rings (SSSR count). The van der Waals surface area contributed by atoms with Gasteiger partial charge in [0, 0.05) is 37.6 Å². The Labute approximate surface area is 110 Å². The van der Waals surface area contributed by atoms with Crippen molar-refractivity contribution in [1.29, 1.82) is 0 Å². The fourth-order valence-electron chi connectivity index (χ4n) is 2.54. The molecule has 1 aliphatic carbocycles. The van der Waals surface area contributed by atoms with Crippen molar-refractivity contribution >= 4 is 5.91 Å². The van der Waals surface area contributed by atoms with E-state index in [1.165, 1.54) is 12.8 Å². The van der Waals surface area contributed by atoms with Gasteiger partial charge in [-0.25, -0.2) is 0 Å². The molecule has 0 radical (unpaired) electrons. The van der Waals surface area contributed by atoms with Gasteiger partial charge >= 0.3 is 0 Å². The first-order valence-electron chi connectivity index (χ1n) is 7.31. The van der Waals surface area contributed by atoms with Crippen molar-refractivity contribution in [2.75, 3.05) is 32.8 Å². The number of rotatable bonds is 7. The normalized spacial score (nSPS) is 25.1. The van der Waals surface area contributed by atoms with Crippen molar-refractivity contribution in [3.8, 4) is 0 Å². The summed E-state index contributed by atoms with van der Waals surface area (Å²) in [6.45, 7) is 8.43. The first kappa shape index (κ1) is 13.8. The van der Waals surface area contributed by atoms with Crippen LogP contribution in [0.2, 0.25) is 0 Å². The molecule has 0 aromatic carbocycles. The van der Waals surface area contributed by atoms with E-state index in [2.05, 4.69) is 17.1 Å². The second-order valence-electron chi connectivity index (χ2n) is 5.66. The van der Waals surface area contributed by atoms with Gasteiger partial charge in [0.1, 0.15) is 0 Å². The maximum Gasteiger partial charge on any atom is 0.226 e. The van der Waals surface area contributed by atoms with E-state index in [4.69, 9.17) is 4.74 Å². The molecule has 18 heavy (non-hydrogen) atoms. The Balaban J connectivity index is 1.85. The van der Waals surface area contributed by atoms with E-state index in [-0.39, 0.29) is 5.92 Å². The van der Waals surface area contributed by atoms with Crippen molar-refractivity contribution in [3.63, 3.8) is 0 Å². The molecule has 4 nitrogen and oxygen atoms in total. The SMILES string of the molecule is CCNCC(C)C(=O)N(CC1CCOC1)C1CC1. The van der Waals surface area contributed by atoms with Gasteiger partial charge < -0.3 is 15.0 Å². The van der Waals surface area contributed by atoms with Gasteiger partial charge in [0.25, 0.3) is 0 Å². The van der Waals surface area contributed by atoms with E-state index >= 15 is 0 Å². The number of ether oxygens (including phenoxy) is 1. The van der Waals surface area contributed by atoms with Gasteiger partial charge in [-0.05, 0) is 25.8 Å². The van der Waals surface area contributed by atoms with Gasteiger partial charge in [-0.3, -0.25) is 4.79 Å². The van der Waals surface area contributed by atoms with E-state index in [0.29, 0.717) is 17.9 Å². The molecule has 104 valence electrons. The van der Waals surface area contributed by atoms with Crippen LogP contribution in [0, 0.1) is 11.8 Å². The zero-order valence-electron chi connectivity index (χ0n) is 11.7. The molecule has 4 heteroatoms. The van der Waals surface area contributed by atoms with Gasteiger partial charge in [-0.2, -0.15) is 0 Å². The second kappa shape index (κ2) is 6.53. The van der Waals surface area contributed by atoms with Crippen molar-refractivity contribution in [2.45, 2.75) is 39.2 Å². The Kier molecular flexibility index (Phi) is 5.01. The van der Waals surface area contributed by atoms with Crippen molar-refractivity contribution in [2.24, 2.45) is 11.8 Å². The Morgan fingerprint density at radius 1 is 1.44 bits per heavy atom. The van der Waals surface area contributed by atoms with E-state index < -0.39 is 0 Å². The Morgan fingerprint density at radius 3 is 2.78 bits per heavy atom. The van der Waals surface area contributed by atoms with Crippen LogP contribution >= 0.6 is 0 Å². The molecule has 1 saturated carbocycles. The summed E-state index contributed by atoms with van der Waals surface area (Å²) in [7, 11) is 0. The van der Waals surface area contributed by atoms with Gasteiger partial charge in [-0.1, -0.05) is 13.8 Å². The highest BCUT2D eigenvalue weighted by Crippen LogP contribution is 2.30. The van der Waals surface area contributed by atoms with Gasteiger partial charge in [0.15, 0.2) is 0 Å². The largest absolute Gasteiger partial charge is 0.381 e. The van der Waals surface area contributed by atoms with Crippen LogP contribution in [0.25, 0.3) is 0 Å². The highest BCUT2D eigenvalue weighted by atomic mass is 16.5. The minimum Gasteiger partial charge on any atom is -0.381 e. The lowest BCUT2D eigenvalue weighted by Gasteiger charge is -2.28. The number of carbonyl (C=O) groups is 1. The predicted octanol–water partition coefficient (Wildman–Crippen LogP) is 1.26. The Morgan fingerprint density at radius 2 is 2.22 bits per heavy atom. The molecular formula is C14H26N2O2. The van der Waals surface area contributed by atoms with Gasteiger partial charge in [0.05, 0.1) is 6.61 Å². The molecule has 2 unspecified atom stereocenters. The van der Waals surface area contributed by atoms with Crippen LogP contribution in [0.5, 0.6) is 0 Å². The van der Waals surface area contributed by atoms with Gasteiger partial charge in [-0.15, -0.1) is 0 Å². The standard InChI is InChI=1S/C14H26N2O2/c1-3-15-8-11(2)14(17)16(13-4-5-13)9-12-6-7-18-10-12/h11-13,15H,3-10H2,1-2H3. The summed E-state index contributed by atoms with van der Waals surface area (Å²) < 4.78 is 5.41. The van der Waals surface area contributed by atoms with Crippen LogP contribution in [0.4, 0.5) is 0 Å². The molecule has 0 bridgehead atoms. The highest BCUT2D eigenvalue weighted by Gasteiger charge is 2.36. The third kappa shape index (κ3) is 3.69. The maximum atomic E-state index is 12.5. The highest BCUT2D eigenvalue weighted by molar-refractivity contribution is 5.79. The van der Waals surface area contributed by atoms with Crippen molar-refractivity contribution in [1.82, 2.24) is 10.2 Å². The van der Waals surface area contributed by atoms with Crippen LogP contribution in [-0.2, 0) is 9.53 Å². The third-order valence-corrected chi connectivity index (χ3v) is 3.87. The Bertz CT molecular complexity index is 273.